The maximum atomic E-state index is 10.8. The van der Waals surface area contributed by atoms with Gasteiger partial charge in [-0.2, -0.15) is 0 Å². The van der Waals surface area contributed by atoms with Gasteiger partial charge in [-0.15, -0.1) is 0 Å². The molecule has 3 heteroatoms. The van der Waals surface area contributed by atoms with Crippen LogP contribution in [0.4, 0.5) is 0 Å². The molecule has 1 aliphatic rings. The van der Waals surface area contributed by atoms with Crippen LogP contribution < -0.4 is 0 Å². The summed E-state index contributed by atoms with van der Waals surface area (Å²) in [5.74, 6) is 0. The van der Waals surface area contributed by atoms with Gasteiger partial charge in [0.25, 0.3) is 0 Å². The van der Waals surface area contributed by atoms with Crippen LogP contribution >= 0.6 is 0 Å². The van der Waals surface area contributed by atoms with Gasteiger partial charge in [-0.1, -0.05) is 38.1 Å². The molecule has 1 aliphatic carbocycles. The van der Waals surface area contributed by atoms with Crippen LogP contribution in [0, 0.1) is 0 Å². The molecule has 1 aromatic carbocycles. The molecule has 2 unspecified atom stereocenters. The van der Waals surface area contributed by atoms with Gasteiger partial charge in [0.15, 0.2) is 0 Å². The van der Waals surface area contributed by atoms with Crippen molar-refractivity contribution in [3.63, 3.8) is 0 Å². The monoisotopic (exact) mass is 291 g/mol. The molecule has 118 valence electrons. The number of fused-ring (bicyclic) bond motifs is 1. The maximum Gasteiger partial charge on any atom is 0.0948 e. The number of rotatable bonds is 7. The first-order chi connectivity index (χ1) is 10.2. The Morgan fingerprint density at radius 1 is 1.29 bits per heavy atom. The molecule has 2 atom stereocenters. The molecule has 3 nitrogen and oxygen atoms in total. The zero-order valence-electron chi connectivity index (χ0n) is 13.6. The van der Waals surface area contributed by atoms with E-state index in [2.05, 4.69) is 36.9 Å². The predicted octanol–water partition coefficient (Wildman–Crippen LogP) is 3.17. The van der Waals surface area contributed by atoms with E-state index in [4.69, 9.17) is 4.74 Å². The Balaban J connectivity index is 2.20. The molecule has 1 N–H and O–H groups in total. The van der Waals surface area contributed by atoms with Crippen molar-refractivity contribution < 1.29 is 9.84 Å². The largest absolute Gasteiger partial charge is 0.387 e. The number of nitrogens with zero attached hydrogens (tertiary/aromatic N) is 1. The fourth-order valence-corrected chi connectivity index (χ4v) is 3.64. The second-order valence-corrected chi connectivity index (χ2v) is 5.95. The molecule has 0 spiro atoms. The first-order valence-corrected chi connectivity index (χ1v) is 8.23. The first-order valence-electron chi connectivity index (χ1n) is 8.23. The molecule has 0 saturated carbocycles. The predicted molar refractivity (Wildman–Crippen MR) is 86.5 cm³/mol. The normalized spacial score (nSPS) is 21.8. The second-order valence-electron chi connectivity index (χ2n) is 5.95. The van der Waals surface area contributed by atoms with Crippen LogP contribution in [0.1, 0.15) is 50.3 Å². The van der Waals surface area contributed by atoms with Crippen molar-refractivity contribution in [2.45, 2.75) is 57.7 Å². The fourth-order valence-electron chi connectivity index (χ4n) is 3.64. The van der Waals surface area contributed by atoms with E-state index in [9.17, 15) is 5.11 Å². The second kappa shape index (κ2) is 7.92. The summed E-state index contributed by atoms with van der Waals surface area (Å²) in [5, 5.41) is 10.8. The third kappa shape index (κ3) is 3.65. The molecular formula is C18H29NO2. The summed E-state index contributed by atoms with van der Waals surface area (Å²) in [4.78, 5) is 2.48. The third-order valence-electron chi connectivity index (χ3n) is 4.84. The molecular weight excluding hydrogens is 262 g/mol. The molecule has 0 saturated heterocycles. The highest BCUT2D eigenvalue weighted by Crippen LogP contribution is 2.34. The smallest absolute Gasteiger partial charge is 0.0948 e. The average molecular weight is 291 g/mol. The number of benzene rings is 1. The summed E-state index contributed by atoms with van der Waals surface area (Å²) in [7, 11) is 1.75. The topological polar surface area (TPSA) is 32.7 Å². The Labute approximate surface area is 128 Å². The summed E-state index contributed by atoms with van der Waals surface area (Å²) in [6.07, 6.45) is 3.93. The van der Waals surface area contributed by atoms with Crippen LogP contribution in [0.3, 0.4) is 0 Å². The van der Waals surface area contributed by atoms with E-state index in [0.717, 1.165) is 44.4 Å². The minimum atomic E-state index is -0.382. The van der Waals surface area contributed by atoms with E-state index >= 15 is 0 Å². The fraction of sp³-hybridized carbons (Fsp3) is 0.667. The summed E-state index contributed by atoms with van der Waals surface area (Å²) in [6.45, 7) is 6.09. The van der Waals surface area contributed by atoms with Crippen molar-refractivity contribution in [1.82, 2.24) is 4.90 Å². The molecule has 0 aromatic heterocycles. The van der Waals surface area contributed by atoms with E-state index in [-0.39, 0.29) is 12.1 Å². The Kier molecular flexibility index (Phi) is 6.22. The third-order valence-corrected chi connectivity index (χ3v) is 4.84. The van der Waals surface area contributed by atoms with Crippen LogP contribution in [-0.2, 0) is 11.2 Å². The van der Waals surface area contributed by atoms with Gasteiger partial charge in [-0.05, 0) is 36.8 Å². The molecule has 0 amide bonds. The molecule has 21 heavy (non-hydrogen) atoms. The standard InChI is InChI=1S/C18H29NO2/c1-4-15(5-2)19(12-13-21-3)17-11-10-14-8-6-7-9-16(14)18(17)20/h6-9,15,17-18,20H,4-5,10-13H2,1-3H3. The molecule has 0 heterocycles. The van der Waals surface area contributed by atoms with Crippen molar-refractivity contribution in [2.75, 3.05) is 20.3 Å². The highest BCUT2D eigenvalue weighted by Gasteiger charge is 2.34. The van der Waals surface area contributed by atoms with Gasteiger partial charge >= 0.3 is 0 Å². The summed E-state index contributed by atoms with van der Waals surface area (Å²) < 4.78 is 5.28. The lowest BCUT2D eigenvalue weighted by molar-refractivity contribution is -0.00335. The summed E-state index contributed by atoms with van der Waals surface area (Å²) in [6, 6.07) is 9.04. The van der Waals surface area contributed by atoms with Gasteiger partial charge in [0.2, 0.25) is 0 Å². The highest BCUT2D eigenvalue weighted by atomic mass is 16.5. The Morgan fingerprint density at radius 2 is 2.00 bits per heavy atom. The Bertz CT molecular complexity index is 431. The number of hydrogen-bond donors (Lipinski definition) is 1. The van der Waals surface area contributed by atoms with E-state index in [1.807, 2.05) is 6.07 Å². The van der Waals surface area contributed by atoms with Gasteiger partial charge in [-0.3, -0.25) is 4.90 Å². The number of methoxy groups -OCH3 is 1. The number of ether oxygens (including phenoxy) is 1. The van der Waals surface area contributed by atoms with E-state index in [1.165, 1.54) is 5.56 Å². The molecule has 0 bridgehead atoms. The maximum absolute atomic E-state index is 10.8. The van der Waals surface area contributed by atoms with Gasteiger partial charge in [0.1, 0.15) is 0 Å². The molecule has 2 rings (SSSR count). The molecule has 0 aliphatic heterocycles. The van der Waals surface area contributed by atoms with E-state index < -0.39 is 0 Å². The van der Waals surface area contributed by atoms with Crippen LogP contribution in [0.25, 0.3) is 0 Å². The molecule has 0 radical (unpaired) electrons. The average Bonchev–Trinajstić information content (AvgIpc) is 2.53. The minimum Gasteiger partial charge on any atom is -0.387 e. The lowest BCUT2D eigenvalue weighted by Crippen LogP contribution is -2.49. The van der Waals surface area contributed by atoms with Crippen molar-refractivity contribution in [2.24, 2.45) is 0 Å². The minimum absolute atomic E-state index is 0.208. The molecule has 0 fully saturated rings. The van der Waals surface area contributed by atoms with Crippen molar-refractivity contribution in [3.05, 3.63) is 35.4 Å². The quantitative estimate of drug-likeness (QED) is 0.837. The van der Waals surface area contributed by atoms with Gasteiger partial charge in [0.05, 0.1) is 12.7 Å². The van der Waals surface area contributed by atoms with Gasteiger partial charge < -0.3 is 9.84 Å². The van der Waals surface area contributed by atoms with Crippen molar-refractivity contribution in [1.29, 1.82) is 0 Å². The zero-order chi connectivity index (χ0) is 15.2. The lowest BCUT2D eigenvalue weighted by Gasteiger charge is -2.42. The first kappa shape index (κ1) is 16.5. The zero-order valence-corrected chi connectivity index (χ0v) is 13.6. The van der Waals surface area contributed by atoms with Crippen molar-refractivity contribution >= 4 is 0 Å². The van der Waals surface area contributed by atoms with Gasteiger partial charge in [0, 0.05) is 25.7 Å². The number of aliphatic hydroxyl groups is 1. The van der Waals surface area contributed by atoms with E-state index in [0.29, 0.717) is 6.04 Å². The number of aryl methyl sites for hydroxylation is 1. The number of hydrogen-bond acceptors (Lipinski definition) is 3. The highest BCUT2D eigenvalue weighted by molar-refractivity contribution is 5.32. The van der Waals surface area contributed by atoms with Gasteiger partial charge in [-0.25, -0.2) is 0 Å². The SMILES string of the molecule is CCC(CC)N(CCOC)C1CCc2ccccc2C1O. The Hall–Kier alpha value is -0.900. The van der Waals surface area contributed by atoms with Crippen molar-refractivity contribution in [3.8, 4) is 0 Å². The number of aliphatic hydroxyl groups excluding tert-OH is 1. The summed E-state index contributed by atoms with van der Waals surface area (Å²) >= 11 is 0. The lowest BCUT2D eigenvalue weighted by atomic mass is 9.84. The molecule has 1 aromatic rings. The van der Waals surface area contributed by atoms with Crippen LogP contribution in [0.15, 0.2) is 24.3 Å². The van der Waals surface area contributed by atoms with Crippen LogP contribution in [-0.4, -0.2) is 42.4 Å². The van der Waals surface area contributed by atoms with Crippen LogP contribution in [0.5, 0.6) is 0 Å². The van der Waals surface area contributed by atoms with Crippen LogP contribution in [0.2, 0.25) is 0 Å². The Morgan fingerprint density at radius 3 is 2.67 bits per heavy atom. The summed E-state index contributed by atoms with van der Waals surface area (Å²) in [5.41, 5.74) is 2.42. The van der Waals surface area contributed by atoms with E-state index in [1.54, 1.807) is 7.11 Å².